The number of amides is 1. The van der Waals surface area contributed by atoms with Crippen LogP contribution in [0.5, 0.6) is 0 Å². The van der Waals surface area contributed by atoms with Gasteiger partial charge in [0.15, 0.2) is 0 Å². The summed E-state index contributed by atoms with van der Waals surface area (Å²) in [6.45, 7) is 6.60. The fraction of sp³-hybridized carbons (Fsp3) is 0.261. The first-order chi connectivity index (χ1) is 12.4. The van der Waals surface area contributed by atoms with Gasteiger partial charge in [-0.2, -0.15) is 0 Å². The van der Waals surface area contributed by atoms with E-state index in [1.54, 1.807) is 0 Å². The first-order valence-electron chi connectivity index (χ1n) is 8.91. The Morgan fingerprint density at radius 3 is 2.31 bits per heavy atom. The van der Waals surface area contributed by atoms with Crippen molar-refractivity contribution in [3.8, 4) is 0 Å². The minimum atomic E-state index is -0.751. The second-order valence-corrected chi connectivity index (χ2v) is 7.62. The Kier molecular flexibility index (Phi) is 5.10. The van der Waals surface area contributed by atoms with Gasteiger partial charge in [0.05, 0.1) is 6.10 Å². The smallest absolute Gasteiger partial charge is 0.251 e. The number of aliphatic hydroxyl groups excluding tert-OH is 1. The molecule has 1 atom stereocenters. The molecule has 0 aliphatic carbocycles. The van der Waals surface area contributed by atoms with Gasteiger partial charge in [-0.25, -0.2) is 0 Å². The highest BCUT2D eigenvalue weighted by molar-refractivity contribution is 5.94. The highest BCUT2D eigenvalue weighted by Crippen LogP contribution is 2.24. The van der Waals surface area contributed by atoms with Crippen LogP contribution in [0.15, 0.2) is 66.7 Å². The Labute approximate surface area is 154 Å². The molecular weight excluding hydrogens is 322 g/mol. The third-order valence-electron chi connectivity index (χ3n) is 4.65. The summed E-state index contributed by atoms with van der Waals surface area (Å²) in [7, 11) is 0. The third-order valence-corrected chi connectivity index (χ3v) is 4.65. The molecule has 3 rings (SSSR count). The van der Waals surface area contributed by atoms with E-state index in [1.807, 2.05) is 66.7 Å². The number of carbonyl (C=O) groups excluding carboxylic acids is 1. The second-order valence-electron chi connectivity index (χ2n) is 7.62. The molecular formula is C23H25NO2. The molecule has 0 heterocycles. The zero-order valence-electron chi connectivity index (χ0n) is 15.5. The summed E-state index contributed by atoms with van der Waals surface area (Å²) in [5, 5.41) is 15.5. The molecule has 2 N–H and O–H groups in total. The summed E-state index contributed by atoms with van der Waals surface area (Å²) in [5.41, 5.74) is 2.67. The highest BCUT2D eigenvalue weighted by atomic mass is 16.3. The van der Waals surface area contributed by atoms with Crippen LogP contribution in [0.2, 0.25) is 0 Å². The van der Waals surface area contributed by atoms with Crippen molar-refractivity contribution in [2.75, 3.05) is 6.54 Å². The Balaban J connectivity index is 1.69. The van der Waals surface area contributed by atoms with Gasteiger partial charge in [0.1, 0.15) is 0 Å². The van der Waals surface area contributed by atoms with Crippen molar-refractivity contribution in [3.05, 3.63) is 83.4 Å². The molecule has 3 aromatic rings. The number of nitrogens with one attached hydrogen (secondary N) is 1. The molecule has 3 aromatic carbocycles. The van der Waals surface area contributed by atoms with Crippen molar-refractivity contribution in [1.29, 1.82) is 0 Å². The van der Waals surface area contributed by atoms with Crippen molar-refractivity contribution in [3.63, 3.8) is 0 Å². The van der Waals surface area contributed by atoms with Crippen LogP contribution in [0.3, 0.4) is 0 Å². The zero-order valence-corrected chi connectivity index (χ0v) is 15.5. The molecule has 3 nitrogen and oxygen atoms in total. The third kappa shape index (κ3) is 3.94. The van der Waals surface area contributed by atoms with E-state index in [4.69, 9.17) is 0 Å². The van der Waals surface area contributed by atoms with Gasteiger partial charge in [-0.1, -0.05) is 75.4 Å². The maximum absolute atomic E-state index is 12.4. The molecule has 0 bridgehead atoms. The molecule has 0 fully saturated rings. The standard InChI is InChI=1S/C23H25NO2/c1-23(2,3)18-13-11-17(12-14-18)22(26)24-15-21(25)20-10-6-8-16-7-4-5-9-19(16)20/h4-14,21,25H,15H2,1-3H3,(H,24,26). The molecule has 3 heteroatoms. The van der Waals surface area contributed by atoms with Crippen molar-refractivity contribution < 1.29 is 9.90 Å². The SMILES string of the molecule is CC(C)(C)c1ccc(C(=O)NCC(O)c2cccc3ccccc23)cc1. The predicted octanol–water partition coefficient (Wildman–Crippen LogP) is 4.60. The molecule has 134 valence electrons. The molecule has 0 aliphatic rings. The van der Waals surface area contributed by atoms with Gasteiger partial charge in [0, 0.05) is 12.1 Å². The topological polar surface area (TPSA) is 49.3 Å². The molecule has 26 heavy (non-hydrogen) atoms. The number of aliphatic hydroxyl groups is 1. The van der Waals surface area contributed by atoms with Gasteiger partial charge in [0.2, 0.25) is 0 Å². The van der Waals surface area contributed by atoms with E-state index >= 15 is 0 Å². The van der Waals surface area contributed by atoms with Crippen molar-refractivity contribution in [2.24, 2.45) is 0 Å². The summed E-state index contributed by atoms with van der Waals surface area (Å²) in [6.07, 6.45) is -0.751. The maximum Gasteiger partial charge on any atom is 0.251 e. The lowest BCUT2D eigenvalue weighted by Crippen LogP contribution is -2.28. The van der Waals surface area contributed by atoms with Gasteiger partial charge >= 0.3 is 0 Å². The highest BCUT2D eigenvalue weighted by Gasteiger charge is 2.16. The molecule has 0 radical (unpaired) electrons. The Morgan fingerprint density at radius 2 is 1.62 bits per heavy atom. The summed E-state index contributed by atoms with van der Waals surface area (Å²) in [5.74, 6) is -0.176. The Morgan fingerprint density at radius 1 is 0.962 bits per heavy atom. The van der Waals surface area contributed by atoms with Crippen LogP contribution in [0.4, 0.5) is 0 Å². The van der Waals surface area contributed by atoms with E-state index in [1.165, 1.54) is 5.56 Å². The first kappa shape index (κ1) is 18.2. The number of benzene rings is 3. The van der Waals surface area contributed by atoms with E-state index < -0.39 is 6.10 Å². The first-order valence-corrected chi connectivity index (χ1v) is 8.91. The zero-order chi connectivity index (χ0) is 18.7. The van der Waals surface area contributed by atoms with Gasteiger partial charge in [-0.05, 0) is 39.4 Å². The van der Waals surface area contributed by atoms with Gasteiger partial charge in [-0.3, -0.25) is 4.79 Å². The van der Waals surface area contributed by atoms with Gasteiger partial charge < -0.3 is 10.4 Å². The van der Waals surface area contributed by atoms with Gasteiger partial charge in [0.25, 0.3) is 5.91 Å². The number of fused-ring (bicyclic) bond motifs is 1. The Bertz CT molecular complexity index is 902. The normalized spacial score (nSPS) is 12.8. The Hall–Kier alpha value is -2.65. The molecule has 0 aromatic heterocycles. The van der Waals surface area contributed by atoms with Crippen molar-refractivity contribution in [2.45, 2.75) is 32.3 Å². The number of hydrogen-bond acceptors (Lipinski definition) is 2. The molecule has 1 amide bonds. The van der Waals surface area contributed by atoms with Crippen molar-refractivity contribution in [1.82, 2.24) is 5.32 Å². The van der Waals surface area contributed by atoms with E-state index in [-0.39, 0.29) is 17.9 Å². The minimum Gasteiger partial charge on any atom is -0.387 e. The summed E-state index contributed by atoms with van der Waals surface area (Å²) in [6, 6.07) is 21.4. The van der Waals surface area contributed by atoms with Crippen molar-refractivity contribution >= 4 is 16.7 Å². The van der Waals surface area contributed by atoms with Crippen LogP contribution in [-0.2, 0) is 5.41 Å². The fourth-order valence-corrected chi connectivity index (χ4v) is 3.06. The van der Waals surface area contributed by atoms with Crippen LogP contribution < -0.4 is 5.32 Å². The molecule has 0 aliphatic heterocycles. The lowest BCUT2D eigenvalue weighted by Gasteiger charge is -2.19. The lowest BCUT2D eigenvalue weighted by molar-refractivity contribution is 0.0917. The molecule has 0 saturated carbocycles. The lowest BCUT2D eigenvalue weighted by atomic mass is 9.87. The van der Waals surface area contributed by atoms with E-state index in [9.17, 15) is 9.90 Å². The van der Waals surface area contributed by atoms with E-state index in [2.05, 4.69) is 26.1 Å². The number of hydrogen-bond donors (Lipinski definition) is 2. The monoisotopic (exact) mass is 347 g/mol. The second kappa shape index (κ2) is 7.30. The average Bonchev–Trinajstić information content (AvgIpc) is 2.64. The minimum absolute atomic E-state index is 0.0551. The van der Waals surface area contributed by atoms with Gasteiger partial charge in [-0.15, -0.1) is 0 Å². The van der Waals surface area contributed by atoms with Crippen LogP contribution >= 0.6 is 0 Å². The summed E-state index contributed by atoms with van der Waals surface area (Å²) < 4.78 is 0. The summed E-state index contributed by atoms with van der Waals surface area (Å²) >= 11 is 0. The number of rotatable bonds is 4. The van der Waals surface area contributed by atoms with Crippen LogP contribution in [-0.4, -0.2) is 17.6 Å². The molecule has 1 unspecified atom stereocenters. The molecule has 0 spiro atoms. The fourth-order valence-electron chi connectivity index (χ4n) is 3.06. The van der Waals surface area contributed by atoms with Crippen LogP contribution in [0.1, 0.15) is 48.4 Å². The summed E-state index contributed by atoms with van der Waals surface area (Å²) in [4.78, 5) is 12.4. The maximum atomic E-state index is 12.4. The quantitative estimate of drug-likeness (QED) is 0.724. The van der Waals surface area contributed by atoms with E-state index in [0.717, 1.165) is 16.3 Å². The van der Waals surface area contributed by atoms with Crippen LogP contribution in [0.25, 0.3) is 10.8 Å². The molecule has 0 saturated heterocycles. The van der Waals surface area contributed by atoms with Crippen LogP contribution in [0, 0.1) is 0 Å². The van der Waals surface area contributed by atoms with E-state index in [0.29, 0.717) is 5.56 Å². The number of carbonyl (C=O) groups is 1. The average molecular weight is 347 g/mol. The predicted molar refractivity (Wildman–Crippen MR) is 106 cm³/mol. The largest absolute Gasteiger partial charge is 0.387 e.